The lowest BCUT2D eigenvalue weighted by Crippen LogP contribution is -2.12. The molecule has 0 atom stereocenters. The summed E-state index contributed by atoms with van der Waals surface area (Å²) in [6, 6.07) is 2.21. The van der Waals surface area contributed by atoms with Gasteiger partial charge in [-0.05, 0) is 6.07 Å². The monoisotopic (exact) mass is 235 g/mol. The zero-order valence-corrected chi connectivity index (χ0v) is 8.89. The van der Waals surface area contributed by atoms with E-state index in [-0.39, 0.29) is 23.6 Å². The second-order valence-corrected chi connectivity index (χ2v) is 3.18. The summed E-state index contributed by atoms with van der Waals surface area (Å²) < 4.78 is 47.7. The Balaban J connectivity index is 3.38. The fraction of sp³-hybridized carbons (Fsp3) is 0.400. The van der Waals surface area contributed by atoms with Crippen LogP contribution in [0.25, 0.3) is 0 Å². The van der Waals surface area contributed by atoms with Gasteiger partial charge in [0.2, 0.25) is 0 Å². The third kappa shape index (κ3) is 2.57. The van der Waals surface area contributed by atoms with Crippen LogP contribution < -0.4 is 10.5 Å². The number of hydrogen-bond acceptors (Lipinski definition) is 3. The average Bonchev–Trinajstić information content (AvgIpc) is 2.18. The van der Waals surface area contributed by atoms with E-state index in [1.54, 1.807) is 0 Å². The van der Waals surface area contributed by atoms with Gasteiger partial charge in [-0.15, -0.1) is 0 Å². The van der Waals surface area contributed by atoms with Crippen LogP contribution in [0.15, 0.2) is 12.1 Å². The number of methoxy groups -OCH3 is 2. The van der Waals surface area contributed by atoms with Crippen LogP contribution in [0.2, 0.25) is 0 Å². The Morgan fingerprint density at radius 2 is 1.88 bits per heavy atom. The highest BCUT2D eigenvalue weighted by molar-refractivity contribution is 5.54. The molecule has 0 saturated heterocycles. The summed E-state index contributed by atoms with van der Waals surface area (Å²) in [4.78, 5) is 0. The number of halogens is 3. The molecular weight excluding hydrogens is 223 g/mol. The summed E-state index contributed by atoms with van der Waals surface area (Å²) in [6.45, 7) is -0.182. The molecule has 0 spiro atoms. The largest absolute Gasteiger partial charge is 0.496 e. The maximum atomic E-state index is 12.7. The number of rotatable bonds is 3. The standard InChI is InChI=1S/C10H12F3NO2/c1-15-5-7-8(10(11,12)13)3-6(14)4-9(7)16-2/h3-4H,5,14H2,1-2H3. The molecule has 0 fully saturated rings. The van der Waals surface area contributed by atoms with Crippen LogP contribution in [-0.2, 0) is 17.5 Å². The van der Waals surface area contributed by atoms with Crippen LogP contribution in [0.4, 0.5) is 18.9 Å². The van der Waals surface area contributed by atoms with Crippen molar-refractivity contribution >= 4 is 5.69 Å². The molecule has 0 saturated carbocycles. The van der Waals surface area contributed by atoms with Crippen molar-refractivity contribution in [2.45, 2.75) is 12.8 Å². The van der Waals surface area contributed by atoms with Gasteiger partial charge in [0, 0.05) is 24.4 Å². The van der Waals surface area contributed by atoms with Gasteiger partial charge in [0.25, 0.3) is 0 Å². The zero-order valence-electron chi connectivity index (χ0n) is 8.89. The first kappa shape index (κ1) is 12.6. The predicted molar refractivity (Wildman–Crippen MR) is 53.1 cm³/mol. The van der Waals surface area contributed by atoms with Gasteiger partial charge < -0.3 is 15.2 Å². The summed E-state index contributed by atoms with van der Waals surface area (Å²) in [7, 11) is 2.60. The maximum absolute atomic E-state index is 12.7. The van der Waals surface area contributed by atoms with Crippen LogP contribution in [0.5, 0.6) is 5.75 Å². The molecule has 0 aliphatic rings. The van der Waals surface area contributed by atoms with Gasteiger partial charge in [-0.1, -0.05) is 0 Å². The molecule has 3 nitrogen and oxygen atoms in total. The van der Waals surface area contributed by atoms with E-state index in [2.05, 4.69) is 0 Å². The number of benzene rings is 1. The van der Waals surface area contributed by atoms with Crippen LogP contribution in [0.1, 0.15) is 11.1 Å². The molecule has 0 heterocycles. The van der Waals surface area contributed by atoms with E-state index in [4.69, 9.17) is 15.2 Å². The topological polar surface area (TPSA) is 44.5 Å². The first-order valence-corrected chi connectivity index (χ1v) is 4.42. The Kier molecular flexibility index (Phi) is 3.64. The second kappa shape index (κ2) is 4.61. The number of nitrogens with two attached hydrogens (primary N) is 1. The molecule has 0 aromatic heterocycles. The lowest BCUT2D eigenvalue weighted by Gasteiger charge is -2.16. The molecule has 0 unspecified atom stereocenters. The highest BCUT2D eigenvalue weighted by Gasteiger charge is 2.35. The van der Waals surface area contributed by atoms with E-state index < -0.39 is 11.7 Å². The number of ether oxygens (including phenoxy) is 2. The van der Waals surface area contributed by atoms with E-state index in [0.29, 0.717) is 0 Å². The van der Waals surface area contributed by atoms with E-state index in [1.807, 2.05) is 0 Å². The second-order valence-electron chi connectivity index (χ2n) is 3.18. The van der Waals surface area contributed by atoms with Crippen molar-refractivity contribution in [3.63, 3.8) is 0 Å². The minimum atomic E-state index is -4.48. The molecule has 1 aromatic carbocycles. The number of alkyl halides is 3. The lowest BCUT2D eigenvalue weighted by atomic mass is 10.1. The highest BCUT2D eigenvalue weighted by atomic mass is 19.4. The van der Waals surface area contributed by atoms with Crippen molar-refractivity contribution in [1.29, 1.82) is 0 Å². The Bertz CT molecular complexity index is 377. The average molecular weight is 235 g/mol. The van der Waals surface area contributed by atoms with Gasteiger partial charge in [0.15, 0.2) is 0 Å². The SMILES string of the molecule is COCc1c(OC)cc(N)cc1C(F)(F)F. The summed E-state index contributed by atoms with van der Waals surface area (Å²) in [6.07, 6.45) is -4.48. The number of anilines is 1. The molecule has 1 rings (SSSR count). The lowest BCUT2D eigenvalue weighted by molar-refractivity contribution is -0.138. The molecule has 0 bridgehead atoms. The van der Waals surface area contributed by atoms with Gasteiger partial charge in [0.05, 0.1) is 19.3 Å². The summed E-state index contributed by atoms with van der Waals surface area (Å²) in [5.41, 5.74) is 4.50. The fourth-order valence-corrected chi connectivity index (χ4v) is 1.39. The van der Waals surface area contributed by atoms with E-state index in [1.165, 1.54) is 20.3 Å². The summed E-state index contributed by atoms with van der Waals surface area (Å²) in [5, 5.41) is 0. The van der Waals surface area contributed by atoms with Crippen molar-refractivity contribution in [2.24, 2.45) is 0 Å². The Labute approximate surface area is 91.0 Å². The van der Waals surface area contributed by atoms with Crippen molar-refractivity contribution in [2.75, 3.05) is 20.0 Å². The highest BCUT2D eigenvalue weighted by Crippen LogP contribution is 2.38. The number of nitrogen functional groups attached to an aromatic ring is 1. The minimum Gasteiger partial charge on any atom is -0.496 e. The fourth-order valence-electron chi connectivity index (χ4n) is 1.39. The quantitative estimate of drug-likeness (QED) is 0.818. The maximum Gasteiger partial charge on any atom is 0.416 e. The van der Waals surface area contributed by atoms with Gasteiger partial charge in [-0.3, -0.25) is 0 Å². The minimum absolute atomic E-state index is 0.00373. The Morgan fingerprint density at radius 3 is 2.31 bits per heavy atom. The Morgan fingerprint density at radius 1 is 1.25 bits per heavy atom. The van der Waals surface area contributed by atoms with Crippen molar-refractivity contribution in [1.82, 2.24) is 0 Å². The van der Waals surface area contributed by atoms with Crippen molar-refractivity contribution in [3.05, 3.63) is 23.3 Å². The van der Waals surface area contributed by atoms with Gasteiger partial charge in [0.1, 0.15) is 5.75 Å². The summed E-state index contributed by atoms with van der Waals surface area (Å²) in [5.74, 6) is 0.0779. The predicted octanol–water partition coefficient (Wildman–Crippen LogP) is 2.44. The Hall–Kier alpha value is -1.43. The first-order chi connectivity index (χ1) is 7.40. The molecule has 0 radical (unpaired) electrons. The van der Waals surface area contributed by atoms with Crippen LogP contribution >= 0.6 is 0 Å². The molecule has 0 amide bonds. The third-order valence-electron chi connectivity index (χ3n) is 2.05. The zero-order chi connectivity index (χ0) is 12.3. The van der Waals surface area contributed by atoms with E-state index in [0.717, 1.165) is 6.07 Å². The van der Waals surface area contributed by atoms with Crippen molar-refractivity contribution in [3.8, 4) is 5.75 Å². The molecular formula is C10H12F3NO2. The molecule has 1 aromatic rings. The van der Waals surface area contributed by atoms with Crippen molar-refractivity contribution < 1.29 is 22.6 Å². The van der Waals surface area contributed by atoms with Gasteiger partial charge >= 0.3 is 6.18 Å². The van der Waals surface area contributed by atoms with E-state index >= 15 is 0 Å². The molecule has 16 heavy (non-hydrogen) atoms. The third-order valence-corrected chi connectivity index (χ3v) is 2.05. The molecule has 90 valence electrons. The smallest absolute Gasteiger partial charge is 0.416 e. The molecule has 2 N–H and O–H groups in total. The molecule has 0 aliphatic heterocycles. The van der Waals surface area contributed by atoms with Crippen LogP contribution in [-0.4, -0.2) is 14.2 Å². The molecule has 6 heteroatoms. The first-order valence-electron chi connectivity index (χ1n) is 4.42. The van der Waals surface area contributed by atoms with Crippen LogP contribution in [0.3, 0.4) is 0 Å². The molecule has 0 aliphatic carbocycles. The van der Waals surface area contributed by atoms with Gasteiger partial charge in [-0.2, -0.15) is 13.2 Å². The van der Waals surface area contributed by atoms with E-state index in [9.17, 15) is 13.2 Å². The normalized spacial score (nSPS) is 11.6. The summed E-state index contributed by atoms with van der Waals surface area (Å²) >= 11 is 0. The van der Waals surface area contributed by atoms with Gasteiger partial charge in [-0.25, -0.2) is 0 Å². The van der Waals surface area contributed by atoms with Crippen LogP contribution in [0, 0.1) is 0 Å². The number of hydrogen-bond donors (Lipinski definition) is 1.